The highest BCUT2D eigenvalue weighted by Gasteiger charge is 2.20. The number of rotatable bonds is 5. The Labute approximate surface area is 181 Å². The minimum atomic E-state index is -0.236. The first-order valence-corrected chi connectivity index (χ1v) is 10.0. The minimum absolute atomic E-state index is 0.204. The van der Waals surface area contributed by atoms with Crippen molar-refractivity contribution in [2.45, 2.75) is 6.92 Å². The highest BCUT2D eigenvalue weighted by atomic mass is 79.9. The molecule has 6 heteroatoms. The van der Waals surface area contributed by atoms with Crippen molar-refractivity contribution in [3.63, 3.8) is 0 Å². The molecule has 0 fully saturated rings. The Hall–Kier alpha value is -3.38. The Balaban J connectivity index is 1.63. The van der Waals surface area contributed by atoms with E-state index in [2.05, 4.69) is 21.2 Å². The predicted octanol–water partition coefficient (Wildman–Crippen LogP) is 6.00. The van der Waals surface area contributed by atoms with Crippen LogP contribution < -0.4 is 10.1 Å². The van der Waals surface area contributed by atoms with E-state index >= 15 is 0 Å². The van der Waals surface area contributed by atoms with E-state index in [1.165, 1.54) is 0 Å². The number of benzene rings is 3. The van der Waals surface area contributed by atoms with Gasteiger partial charge in [0.1, 0.15) is 11.3 Å². The van der Waals surface area contributed by atoms with Crippen molar-refractivity contribution in [3.8, 4) is 5.75 Å². The molecular weight excluding hydrogens is 446 g/mol. The average molecular weight is 464 g/mol. The Morgan fingerprint density at radius 2 is 1.73 bits per heavy atom. The zero-order valence-electron chi connectivity index (χ0n) is 16.4. The van der Waals surface area contributed by atoms with Gasteiger partial charge in [0, 0.05) is 32.7 Å². The van der Waals surface area contributed by atoms with E-state index in [9.17, 15) is 9.59 Å². The summed E-state index contributed by atoms with van der Waals surface area (Å²) in [6.07, 6.45) is 0. The summed E-state index contributed by atoms with van der Waals surface area (Å²) in [7, 11) is 1.58. The molecule has 30 heavy (non-hydrogen) atoms. The molecule has 1 amide bonds. The molecule has 0 saturated heterocycles. The molecule has 4 aromatic rings. The zero-order valence-corrected chi connectivity index (χ0v) is 17.9. The van der Waals surface area contributed by atoms with E-state index in [4.69, 9.17) is 9.15 Å². The van der Waals surface area contributed by atoms with E-state index in [-0.39, 0.29) is 17.5 Å². The molecule has 0 aliphatic heterocycles. The van der Waals surface area contributed by atoms with E-state index in [0.29, 0.717) is 32.6 Å². The Kier molecular flexibility index (Phi) is 5.42. The number of aryl methyl sites for hydroxylation is 1. The molecule has 4 rings (SSSR count). The number of anilines is 1. The highest BCUT2D eigenvalue weighted by molar-refractivity contribution is 9.10. The van der Waals surface area contributed by atoms with Crippen molar-refractivity contribution >= 4 is 44.3 Å². The molecule has 0 unspecified atom stereocenters. The van der Waals surface area contributed by atoms with Crippen LogP contribution in [0, 0.1) is 6.92 Å². The van der Waals surface area contributed by atoms with Crippen molar-refractivity contribution in [2.24, 2.45) is 0 Å². The molecule has 1 heterocycles. The summed E-state index contributed by atoms with van der Waals surface area (Å²) in [4.78, 5) is 25.5. The summed E-state index contributed by atoms with van der Waals surface area (Å²) in [5.74, 6) is 0.521. The fourth-order valence-corrected chi connectivity index (χ4v) is 3.70. The highest BCUT2D eigenvalue weighted by Crippen LogP contribution is 2.30. The van der Waals surface area contributed by atoms with Gasteiger partial charge >= 0.3 is 0 Å². The maximum absolute atomic E-state index is 12.9. The number of carbonyl (C=O) groups excluding carboxylic acids is 2. The lowest BCUT2D eigenvalue weighted by atomic mass is 10.0. The van der Waals surface area contributed by atoms with Crippen LogP contribution in [0.3, 0.4) is 0 Å². The second-order valence-corrected chi connectivity index (χ2v) is 7.61. The standard InChI is InChI=1S/C24H18BrNO4/c1-14-18-12-9-16(26-24(28)19-5-3-4-6-20(19)25)13-21(18)30-23(14)22(27)15-7-10-17(29-2)11-8-15/h3-13H,1-2H3,(H,26,28). The molecule has 150 valence electrons. The number of halogens is 1. The number of hydrogen-bond donors (Lipinski definition) is 1. The van der Waals surface area contributed by atoms with Gasteiger partial charge in [-0.05, 0) is 71.4 Å². The Morgan fingerprint density at radius 3 is 2.43 bits per heavy atom. The van der Waals surface area contributed by atoms with Gasteiger partial charge in [-0.25, -0.2) is 0 Å². The number of ketones is 1. The summed E-state index contributed by atoms with van der Waals surface area (Å²) >= 11 is 3.39. The number of hydrogen-bond acceptors (Lipinski definition) is 4. The van der Waals surface area contributed by atoms with Crippen LogP contribution in [0.2, 0.25) is 0 Å². The van der Waals surface area contributed by atoms with Gasteiger partial charge in [0.05, 0.1) is 12.7 Å². The van der Waals surface area contributed by atoms with E-state index in [1.54, 1.807) is 55.6 Å². The van der Waals surface area contributed by atoms with Crippen LogP contribution in [0.25, 0.3) is 11.0 Å². The Bertz CT molecular complexity index is 1260. The first kappa shape index (κ1) is 19.9. The third-order valence-corrected chi connectivity index (χ3v) is 5.56. The number of carbonyl (C=O) groups is 2. The summed E-state index contributed by atoms with van der Waals surface area (Å²) in [5, 5.41) is 3.69. The second-order valence-electron chi connectivity index (χ2n) is 6.76. The van der Waals surface area contributed by atoms with Crippen molar-refractivity contribution < 1.29 is 18.7 Å². The van der Waals surface area contributed by atoms with Crippen molar-refractivity contribution in [3.05, 3.63) is 93.7 Å². The van der Waals surface area contributed by atoms with Crippen LogP contribution in [-0.2, 0) is 0 Å². The van der Waals surface area contributed by atoms with E-state index in [1.807, 2.05) is 25.1 Å². The number of fused-ring (bicyclic) bond motifs is 1. The van der Waals surface area contributed by atoms with E-state index in [0.717, 1.165) is 10.9 Å². The van der Waals surface area contributed by atoms with Crippen molar-refractivity contribution in [2.75, 3.05) is 12.4 Å². The van der Waals surface area contributed by atoms with E-state index < -0.39 is 0 Å². The molecule has 1 N–H and O–H groups in total. The maximum atomic E-state index is 12.9. The van der Waals surface area contributed by atoms with Crippen LogP contribution in [0.1, 0.15) is 32.0 Å². The number of nitrogens with one attached hydrogen (secondary N) is 1. The molecule has 0 aliphatic rings. The predicted molar refractivity (Wildman–Crippen MR) is 119 cm³/mol. The van der Waals surface area contributed by atoms with Gasteiger partial charge in [0.15, 0.2) is 5.76 Å². The van der Waals surface area contributed by atoms with Crippen LogP contribution >= 0.6 is 15.9 Å². The summed E-state index contributed by atoms with van der Waals surface area (Å²) < 4.78 is 11.7. The smallest absolute Gasteiger partial charge is 0.256 e. The molecule has 0 spiro atoms. The molecule has 5 nitrogen and oxygen atoms in total. The number of ether oxygens (including phenoxy) is 1. The number of amides is 1. The molecule has 0 atom stereocenters. The second kappa shape index (κ2) is 8.16. The first-order valence-electron chi connectivity index (χ1n) is 9.25. The van der Waals surface area contributed by atoms with Gasteiger partial charge in [-0.15, -0.1) is 0 Å². The fraction of sp³-hybridized carbons (Fsp3) is 0.0833. The van der Waals surface area contributed by atoms with Crippen LogP contribution in [0.5, 0.6) is 5.75 Å². The molecule has 3 aromatic carbocycles. The molecule has 0 bridgehead atoms. The van der Waals surface area contributed by atoms with Gasteiger partial charge in [0.2, 0.25) is 5.78 Å². The van der Waals surface area contributed by atoms with Crippen LogP contribution in [0.15, 0.2) is 75.6 Å². The molecule has 1 aromatic heterocycles. The normalized spacial score (nSPS) is 10.8. The summed E-state index contributed by atoms with van der Waals surface area (Å²) in [6, 6.07) is 19.4. The number of methoxy groups -OCH3 is 1. The van der Waals surface area contributed by atoms with Crippen molar-refractivity contribution in [1.82, 2.24) is 0 Å². The first-order chi connectivity index (χ1) is 14.5. The van der Waals surface area contributed by atoms with Gasteiger partial charge in [-0.2, -0.15) is 0 Å². The molecule has 0 radical (unpaired) electrons. The van der Waals surface area contributed by atoms with Gasteiger partial charge in [-0.3, -0.25) is 9.59 Å². The van der Waals surface area contributed by atoms with Crippen molar-refractivity contribution in [1.29, 1.82) is 0 Å². The topological polar surface area (TPSA) is 68.5 Å². The third-order valence-electron chi connectivity index (χ3n) is 4.87. The van der Waals surface area contributed by atoms with Gasteiger partial charge in [-0.1, -0.05) is 12.1 Å². The zero-order chi connectivity index (χ0) is 21.3. The largest absolute Gasteiger partial charge is 0.497 e. The average Bonchev–Trinajstić information content (AvgIpc) is 3.09. The lowest BCUT2D eigenvalue weighted by Crippen LogP contribution is -2.12. The van der Waals surface area contributed by atoms with Crippen LogP contribution in [-0.4, -0.2) is 18.8 Å². The molecular formula is C24H18BrNO4. The molecule has 0 saturated carbocycles. The Morgan fingerprint density at radius 1 is 1.00 bits per heavy atom. The number of furan rings is 1. The monoisotopic (exact) mass is 463 g/mol. The van der Waals surface area contributed by atoms with Gasteiger partial charge < -0.3 is 14.5 Å². The fourth-order valence-electron chi connectivity index (χ4n) is 3.24. The van der Waals surface area contributed by atoms with Crippen LogP contribution in [0.4, 0.5) is 5.69 Å². The SMILES string of the molecule is COc1ccc(C(=O)c2oc3cc(NC(=O)c4ccccc4Br)ccc3c2C)cc1. The van der Waals surface area contributed by atoms with Gasteiger partial charge in [0.25, 0.3) is 5.91 Å². The third kappa shape index (κ3) is 3.74. The lowest BCUT2D eigenvalue weighted by Gasteiger charge is -2.06. The summed E-state index contributed by atoms with van der Waals surface area (Å²) in [5.41, 5.74) is 2.92. The lowest BCUT2D eigenvalue weighted by molar-refractivity contribution is 0.101. The minimum Gasteiger partial charge on any atom is -0.497 e. The molecule has 0 aliphatic carbocycles. The quantitative estimate of drug-likeness (QED) is 0.368. The maximum Gasteiger partial charge on any atom is 0.256 e. The summed E-state index contributed by atoms with van der Waals surface area (Å²) in [6.45, 7) is 1.85.